The second kappa shape index (κ2) is 10.7. The second-order valence-electron chi connectivity index (χ2n) is 8.46. The first kappa shape index (κ1) is 25.5. The zero-order chi connectivity index (χ0) is 26.1. The number of H-pyrrole nitrogens is 1. The lowest BCUT2D eigenvalue weighted by molar-refractivity contribution is 0.00706. The number of aliphatic hydroxyl groups is 1. The first-order valence-electron chi connectivity index (χ1n) is 11.4. The number of methoxy groups -OCH3 is 1. The molecule has 2 saturated heterocycles. The summed E-state index contributed by atoms with van der Waals surface area (Å²) in [6, 6.07) is 3.46. The van der Waals surface area contributed by atoms with Crippen LogP contribution in [0.2, 0.25) is 5.02 Å². The monoisotopic (exact) mass is 540 g/mol. The number of pyridine rings is 1. The maximum absolute atomic E-state index is 14.6. The van der Waals surface area contributed by atoms with Crippen molar-refractivity contribution in [2.24, 2.45) is 0 Å². The van der Waals surface area contributed by atoms with Gasteiger partial charge >= 0.3 is 0 Å². The Bertz CT molecular complexity index is 1290. The Kier molecular flexibility index (Phi) is 7.40. The van der Waals surface area contributed by atoms with Crippen LogP contribution < -0.4 is 14.8 Å². The predicted molar refractivity (Wildman–Crippen MR) is 124 cm³/mol. The van der Waals surface area contributed by atoms with Crippen LogP contribution in [0.5, 0.6) is 11.9 Å². The minimum Gasteiger partial charge on any atom is -0.471 e. The highest BCUT2D eigenvalue weighted by molar-refractivity contribution is 6.32. The minimum atomic E-state index is -0.958. The maximum Gasteiger partial charge on any atom is 0.296 e. The number of benzene rings is 1. The van der Waals surface area contributed by atoms with Gasteiger partial charge in [0, 0.05) is 19.2 Å². The Labute approximate surface area is 214 Å². The molecule has 4 heterocycles. The van der Waals surface area contributed by atoms with E-state index < -0.39 is 54.1 Å². The number of nitrogens with zero attached hydrogens (tertiary/aromatic N) is 2. The second-order valence-corrected chi connectivity index (χ2v) is 8.87. The van der Waals surface area contributed by atoms with Gasteiger partial charge < -0.3 is 39.1 Å². The third-order valence-electron chi connectivity index (χ3n) is 5.97. The summed E-state index contributed by atoms with van der Waals surface area (Å²) in [4.78, 5) is 23.5. The topological polar surface area (TPSA) is 137 Å². The number of hydrogen-bond acceptors (Lipinski definition) is 9. The Morgan fingerprint density at radius 2 is 1.97 bits per heavy atom. The SMILES string of the molecule is COCCNC(=O)c1cc(F)c(COc2nc3nc(O[C@@H]4COC5C4OC[C@H]5O)[nH]c3cc2Cl)c(F)c1. The van der Waals surface area contributed by atoms with Crippen LogP contribution in [0.4, 0.5) is 8.78 Å². The van der Waals surface area contributed by atoms with Gasteiger partial charge in [-0.2, -0.15) is 9.97 Å². The van der Waals surface area contributed by atoms with Crippen molar-refractivity contribution in [3.8, 4) is 11.9 Å². The van der Waals surface area contributed by atoms with Crippen molar-refractivity contribution in [1.29, 1.82) is 0 Å². The number of aliphatic hydroxyl groups excluding tert-OH is 1. The summed E-state index contributed by atoms with van der Waals surface area (Å²) in [6.45, 7) is 0.314. The van der Waals surface area contributed by atoms with Gasteiger partial charge in [-0.3, -0.25) is 4.79 Å². The number of nitrogens with one attached hydrogen (secondary N) is 2. The van der Waals surface area contributed by atoms with Gasteiger partial charge in [-0.15, -0.1) is 0 Å². The molecule has 5 rings (SSSR count). The van der Waals surface area contributed by atoms with Crippen LogP contribution >= 0.6 is 11.6 Å². The third-order valence-corrected chi connectivity index (χ3v) is 6.24. The largest absolute Gasteiger partial charge is 0.471 e. The number of halogens is 3. The Hall–Kier alpha value is -3.10. The standard InChI is InChI=1S/C23H23ClF2N4O7/c1-33-3-2-27-21(32)10-4-13(25)11(14(26)5-10)7-36-22-12(24)6-15-20(29-22)30-23(28-15)37-17-9-35-18-16(31)8-34-19(17)18/h4-6,16-19,31H,2-3,7-9H2,1H3,(H,27,32)(H,28,29,30)/t16-,17-,18?,19?/m1/s1. The van der Waals surface area contributed by atoms with Gasteiger partial charge in [0.2, 0.25) is 5.88 Å². The van der Waals surface area contributed by atoms with Crippen LogP contribution in [0.1, 0.15) is 15.9 Å². The van der Waals surface area contributed by atoms with Crippen molar-refractivity contribution in [3.05, 3.63) is 46.0 Å². The average Bonchev–Trinajstić information content (AvgIpc) is 3.55. The molecule has 2 aliphatic heterocycles. The van der Waals surface area contributed by atoms with E-state index in [1.54, 1.807) is 0 Å². The molecule has 2 unspecified atom stereocenters. The molecule has 2 aromatic heterocycles. The molecule has 0 saturated carbocycles. The van der Waals surface area contributed by atoms with Gasteiger partial charge in [0.1, 0.15) is 41.6 Å². The predicted octanol–water partition coefficient (Wildman–Crippen LogP) is 1.75. The molecular weight excluding hydrogens is 518 g/mol. The van der Waals surface area contributed by atoms with E-state index in [0.29, 0.717) is 5.52 Å². The van der Waals surface area contributed by atoms with Crippen LogP contribution in [-0.4, -0.2) is 83.9 Å². The fraction of sp³-hybridized carbons (Fsp3) is 0.435. The zero-order valence-corrected chi connectivity index (χ0v) is 20.3. The van der Waals surface area contributed by atoms with Gasteiger partial charge in [-0.1, -0.05) is 11.6 Å². The molecule has 3 N–H and O–H groups in total. The Balaban J connectivity index is 1.26. The van der Waals surface area contributed by atoms with Gasteiger partial charge in [0.05, 0.1) is 30.9 Å². The number of imidazole rings is 1. The highest BCUT2D eigenvalue weighted by Gasteiger charge is 2.48. The summed E-state index contributed by atoms with van der Waals surface area (Å²) >= 11 is 6.25. The van der Waals surface area contributed by atoms with Crippen LogP contribution in [0.3, 0.4) is 0 Å². The molecule has 1 amide bonds. The van der Waals surface area contributed by atoms with Gasteiger partial charge in [0.15, 0.2) is 11.8 Å². The molecule has 11 nitrogen and oxygen atoms in total. The lowest BCUT2D eigenvalue weighted by Gasteiger charge is -2.15. The first-order chi connectivity index (χ1) is 17.8. The molecule has 0 bridgehead atoms. The average molecular weight is 541 g/mol. The normalized spacial score (nSPS) is 22.8. The van der Waals surface area contributed by atoms with Crippen LogP contribution in [0.25, 0.3) is 11.2 Å². The van der Waals surface area contributed by atoms with E-state index in [2.05, 4.69) is 20.3 Å². The molecule has 0 aliphatic carbocycles. The number of carbonyl (C=O) groups is 1. The highest BCUT2D eigenvalue weighted by atomic mass is 35.5. The molecule has 3 aromatic rings. The molecule has 0 spiro atoms. The van der Waals surface area contributed by atoms with Crippen LogP contribution in [0, 0.1) is 11.6 Å². The van der Waals surface area contributed by atoms with Crippen molar-refractivity contribution >= 4 is 28.7 Å². The van der Waals surface area contributed by atoms with E-state index in [4.69, 9.17) is 35.3 Å². The molecule has 37 heavy (non-hydrogen) atoms. The summed E-state index contributed by atoms with van der Waals surface area (Å²) in [5, 5.41) is 12.4. The van der Waals surface area contributed by atoms with E-state index in [1.807, 2.05) is 0 Å². The highest BCUT2D eigenvalue weighted by Crippen LogP contribution is 2.31. The molecule has 14 heteroatoms. The van der Waals surface area contributed by atoms with E-state index in [9.17, 15) is 18.7 Å². The number of carbonyl (C=O) groups excluding carboxylic acids is 1. The maximum atomic E-state index is 14.6. The Morgan fingerprint density at radius 3 is 2.73 bits per heavy atom. The van der Waals surface area contributed by atoms with Crippen molar-refractivity contribution < 1.29 is 42.4 Å². The fourth-order valence-corrected chi connectivity index (χ4v) is 4.31. The lowest BCUT2D eigenvalue weighted by atomic mass is 10.1. The first-order valence-corrected chi connectivity index (χ1v) is 11.7. The quantitative estimate of drug-likeness (QED) is 0.347. The van der Waals surface area contributed by atoms with Gasteiger partial charge in [0.25, 0.3) is 11.9 Å². The number of rotatable bonds is 9. The number of hydrogen-bond donors (Lipinski definition) is 3. The summed E-state index contributed by atoms with van der Waals surface area (Å²) in [7, 11) is 1.47. The minimum absolute atomic E-state index is 0.0733. The number of amides is 1. The van der Waals surface area contributed by atoms with Gasteiger partial charge in [-0.05, 0) is 18.2 Å². The van der Waals surface area contributed by atoms with Crippen molar-refractivity contribution in [2.75, 3.05) is 33.5 Å². The van der Waals surface area contributed by atoms with Crippen LogP contribution in [0.15, 0.2) is 18.2 Å². The molecule has 2 fully saturated rings. The summed E-state index contributed by atoms with van der Waals surface area (Å²) < 4.78 is 56.4. The Morgan fingerprint density at radius 1 is 1.22 bits per heavy atom. The molecule has 2 aliphatic rings. The fourth-order valence-electron chi connectivity index (χ4n) is 4.11. The van der Waals surface area contributed by atoms with Crippen molar-refractivity contribution in [3.63, 3.8) is 0 Å². The van der Waals surface area contributed by atoms with Crippen molar-refractivity contribution in [1.82, 2.24) is 20.3 Å². The molecule has 4 atom stereocenters. The number of fused-ring (bicyclic) bond motifs is 2. The van der Waals surface area contributed by atoms with E-state index in [-0.39, 0.29) is 54.5 Å². The number of ether oxygens (including phenoxy) is 5. The lowest BCUT2D eigenvalue weighted by Crippen LogP contribution is -2.34. The summed E-state index contributed by atoms with van der Waals surface area (Å²) in [6.07, 6.45) is -2.07. The number of aromatic amines is 1. The molecule has 0 radical (unpaired) electrons. The van der Waals surface area contributed by atoms with Crippen LogP contribution in [-0.2, 0) is 20.8 Å². The van der Waals surface area contributed by atoms with Crippen molar-refractivity contribution in [2.45, 2.75) is 31.0 Å². The van der Waals surface area contributed by atoms with E-state index in [1.165, 1.54) is 13.2 Å². The molecular formula is C23H23ClF2N4O7. The smallest absolute Gasteiger partial charge is 0.296 e. The number of aromatic nitrogens is 3. The summed E-state index contributed by atoms with van der Waals surface area (Å²) in [5.41, 5.74) is 0.0672. The third kappa shape index (κ3) is 5.31. The van der Waals surface area contributed by atoms with E-state index in [0.717, 1.165) is 12.1 Å². The molecule has 1 aromatic carbocycles. The molecule has 198 valence electrons. The van der Waals surface area contributed by atoms with Gasteiger partial charge in [-0.25, -0.2) is 8.78 Å². The zero-order valence-electron chi connectivity index (χ0n) is 19.5. The summed E-state index contributed by atoms with van der Waals surface area (Å²) in [5.74, 6) is -2.65. The van der Waals surface area contributed by atoms with E-state index >= 15 is 0 Å².